The summed E-state index contributed by atoms with van der Waals surface area (Å²) in [6, 6.07) is 0. The third-order valence-electron chi connectivity index (χ3n) is 2.28. The number of halogens is 1. The maximum absolute atomic E-state index is 10.2. The summed E-state index contributed by atoms with van der Waals surface area (Å²) in [4.78, 5) is 12.6. The first-order valence-electron chi connectivity index (χ1n) is 4.83. The number of rotatable bonds is 4. The molecule has 0 radical (unpaired) electrons. The van der Waals surface area contributed by atoms with Gasteiger partial charge in [-0.3, -0.25) is 0 Å². The highest BCUT2D eigenvalue weighted by molar-refractivity contribution is 6.61. The van der Waals surface area contributed by atoms with Crippen LogP contribution < -0.4 is 0 Å². The summed E-state index contributed by atoms with van der Waals surface area (Å²) < 4.78 is 4.63. The molecule has 0 aromatic carbocycles. The number of carbonyl (C=O) groups excluding carboxylic acids is 1. The Hall–Kier alpha value is -0.280. The maximum atomic E-state index is 10.2. The van der Waals surface area contributed by atoms with Crippen LogP contribution in [-0.4, -0.2) is 36.6 Å². The van der Waals surface area contributed by atoms with Crippen molar-refractivity contribution in [2.24, 2.45) is 0 Å². The number of piperidine rings is 1. The molecule has 0 amide bonds. The van der Waals surface area contributed by atoms with E-state index in [2.05, 4.69) is 9.64 Å². The third kappa shape index (κ3) is 5.11. The van der Waals surface area contributed by atoms with Crippen molar-refractivity contribution >= 4 is 17.0 Å². The topological polar surface area (TPSA) is 29.5 Å². The molecular weight excluding hydrogens is 190 g/mol. The van der Waals surface area contributed by atoms with Crippen molar-refractivity contribution < 1.29 is 9.53 Å². The minimum Gasteiger partial charge on any atom is -0.454 e. The molecule has 0 N–H and O–H groups in total. The Kier molecular flexibility index (Phi) is 5.16. The van der Waals surface area contributed by atoms with Crippen LogP contribution in [-0.2, 0) is 4.74 Å². The lowest BCUT2D eigenvalue weighted by atomic mass is 10.1. The highest BCUT2D eigenvalue weighted by atomic mass is 35.5. The summed E-state index contributed by atoms with van der Waals surface area (Å²) in [5.74, 6) is 0. The molecule has 0 aromatic heterocycles. The van der Waals surface area contributed by atoms with Gasteiger partial charge >= 0.3 is 5.43 Å². The van der Waals surface area contributed by atoms with E-state index in [-0.39, 0.29) is 0 Å². The Morgan fingerprint density at radius 2 is 2.00 bits per heavy atom. The molecule has 1 saturated heterocycles. The lowest BCUT2D eigenvalue weighted by Crippen LogP contribution is -2.31. The Labute approximate surface area is 84.0 Å². The van der Waals surface area contributed by atoms with Crippen molar-refractivity contribution in [2.75, 3.05) is 26.2 Å². The molecule has 0 aliphatic carbocycles. The molecule has 0 unspecified atom stereocenters. The van der Waals surface area contributed by atoms with Crippen LogP contribution in [0.2, 0.25) is 0 Å². The van der Waals surface area contributed by atoms with E-state index in [1.807, 2.05) is 0 Å². The van der Waals surface area contributed by atoms with Crippen LogP contribution in [0.3, 0.4) is 0 Å². The second-order valence-electron chi connectivity index (χ2n) is 3.34. The lowest BCUT2D eigenvalue weighted by molar-refractivity contribution is 0.157. The van der Waals surface area contributed by atoms with Gasteiger partial charge in [0.1, 0.15) is 0 Å². The molecule has 0 spiro atoms. The van der Waals surface area contributed by atoms with Gasteiger partial charge in [-0.2, -0.15) is 0 Å². The van der Waals surface area contributed by atoms with Crippen molar-refractivity contribution in [1.29, 1.82) is 0 Å². The number of carbonyl (C=O) groups is 1. The maximum Gasteiger partial charge on any atom is 0.403 e. The lowest BCUT2D eigenvalue weighted by Gasteiger charge is -2.25. The predicted molar refractivity (Wildman–Crippen MR) is 52.1 cm³/mol. The van der Waals surface area contributed by atoms with E-state index in [1.165, 1.54) is 32.4 Å². The molecule has 0 bridgehead atoms. The van der Waals surface area contributed by atoms with Gasteiger partial charge in [-0.05, 0) is 32.4 Å². The zero-order valence-corrected chi connectivity index (χ0v) is 8.55. The summed E-state index contributed by atoms with van der Waals surface area (Å²) in [6.45, 7) is 3.84. The van der Waals surface area contributed by atoms with Crippen LogP contribution in [0.25, 0.3) is 0 Å². The van der Waals surface area contributed by atoms with Crippen LogP contribution in [0.4, 0.5) is 4.79 Å². The zero-order valence-electron chi connectivity index (χ0n) is 7.80. The highest BCUT2D eigenvalue weighted by Crippen LogP contribution is 2.08. The van der Waals surface area contributed by atoms with Gasteiger partial charge in [-0.25, -0.2) is 4.79 Å². The molecule has 0 aromatic rings. The molecular formula is C9H16ClNO2. The van der Waals surface area contributed by atoms with Crippen molar-refractivity contribution in [3.05, 3.63) is 0 Å². The molecule has 1 aliphatic rings. The summed E-state index contributed by atoms with van der Waals surface area (Å²) in [5.41, 5.74) is -0.696. The van der Waals surface area contributed by atoms with E-state index in [1.54, 1.807) is 0 Å². The quantitative estimate of drug-likeness (QED) is 0.521. The minimum atomic E-state index is -0.696. The van der Waals surface area contributed by atoms with Gasteiger partial charge in [0.05, 0.1) is 6.61 Å². The van der Waals surface area contributed by atoms with E-state index in [0.717, 1.165) is 13.0 Å². The van der Waals surface area contributed by atoms with Gasteiger partial charge in [0.25, 0.3) is 0 Å². The molecule has 1 rings (SSSR count). The van der Waals surface area contributed by atoms with Crippen molar-refractivity contribution in [2.45, 2.75) is 25.7 Å². The fraction of sp³-hybridized carbons (Fsp3) is 0.889. The van der Waals surface area contributed by atoms with Crippen LogP contribution in [0.1, 0.15) is 25.7 Å². The van der Waals surface area contributed by atoms with Crippen molar-refractivity contribution in [3.63, 3.8) is 0 Å². The van der Waals surface area contributed by atoms with Crippen LogP contribution in [0.5, 0.6) is 0 Å². The Balaban J connectivity index is 1.95. The van der Waals surface area contributed by atoms with Crippen molar-refractivity contribution in [3.8, 4) is 0 Å². The van der Waals surface area contributed by atoms with E-state index < -0.39 is 5.43 Å². The van der Waals surface area contributed by atoms with E-state index in [4.69, 9.17) is 11.6 Å². The number of nitrogens with zero attached hydrogens (tertiary/aromatic N) is 1. The molecule has 1 fully saturated rings. The molecule has 0 saturated carbocycles. The van der Waals surface area contributed by atoms with Gasteiger partial charge in [0, 0.05) is 18.1 Å². The first-order valence-corrected chi connectivity index (χ1v) is 5.21. The van der Waals surface area contributed by atoms with E-state index >= 15 is 0 Å². The molecule has 3 nitrogen and oxygen atoms in total. The summed E-state index contributed by atoms with van der Waals surface area (Å²) in [6.07, 6.45) is 4.84. The van der Waals surface area contributed by atoms with Gasteiger partial charge in [-0.1, -0.05) is 6.42 Å². The molecule has 0 atom stereocenters. The molecule has 76 valence electrons. The fourth-order valence-electron chi connectivity index (χ4n) is 1.62. The van der Waals surface area contributed by atoms with Crippen LogP contribution in [0.15, 0.2) is 0 Å². The second-order valence-corrected chi connectivity index (χ2v) is 3.65. The Morgan fingerprint density at radius 3 is 2.62 bits per heavy atom. The monoisotopic (exact) mass is 205 g/mol. The van der Waals surface area contributed by atoms with E-state index in [0.29, 0.717) is 6.61 Å². The molecule has 1 heterocycles. The minimum absolute atomic E-state index is 0.443. The summed E-state index contributed by atoms with van der Waals surface area (Å²) >= 11 is 5.02. The average molecular weight is 206 g/mol. The smallest absolute Gasteiger partial charge is 0.403 e. The first kappa shape index (κ1) is 10.8. The SMILES string of the molecule is O=C(Cl)OCCCN1CCCCC1. The average Bonchev–Trinajstić information content (AvgIpc) is 2.14. The number of hydrogen-bond donors (Lipinski definition) is 0. The fourth-order valence-corrected chi connectivity index (χ4v) is 1.70. The standard InChI is InChI=1S/C9H16ClNO2/c10-9(12)13-8-4-7-11-5-2-1-3-6-11/h1-8H2. The van der Waals surface area contributed by atoms with Crippen molar-refractivity contribution in [1.82, 2.24) is 4.90 Å². The third-order valence-corrected chi connectivity index (χ3v) is 2.39. The van der Waals surface area contributed by atoms with Crippen LogP contribution in [0, 0.1) is 0 Å². The van der Waals surface area contributed by atoms with Gasteiger partial charge in [0.2, 0.25) is 0 Å². The van der Waals surface area contributed by atoms with E-state index in [9.17, 15) is 4.79 Å². The number of ether oxygens (including phenoxy) is 1. The molecule has 13 heavy (non-hydrogen) atoms. The normalized spacial score (nSPS) is 18.5. The van der Waals surface area contributed by atoms with Crippen LogP contribution >= 0.6 is 11.6 Å². The first-order chi connectivity index (χ1) is 6.29. The molecule has 4 heteroatoms. The zero-order chi connectivity index (χ0) is 9.52. The molecule has 1 aliphatic heterocycles. The van der Waals surface area contributed by atoms with Gasteiger partial charge in [-0.15, -0.1) is 0 Å². The Bertz CT molecular complexity index is 158. The highest BCUT2D eigenvalue weighted by Gasteiger charge is 2.09. The van der Waals surface area contributed by atoms with Gasteiger partial charge in [0.15, 0.2) is 0 Å². The number of hydrogen-bond acceptors (Lipinski definition) is 3. The number of likely N-dealkylation sites (tertiary alicyclic amines) is 1. The largest absolute Gasteiger partial charge is 0.454 e. The Morgan fingerprint density at radius 1 is 1.31 bits per heavy atom. The summed E-state index contributed by atoms with van der Waals surface area (Å²) in [5, 5.41) is 0. The second kappa shape index (κ2) is 6.22. The van der Waals surface area contributed by atoms with Gasteiger partial charge < -0.3 is 9.64 Å². The predicted octanol–water partition coefficient (Wildman–Crippen LogP) is 2.24. The summed E-state index contributed by atoms with van der Waals surface area (Å²) in [7, 11) is 0.